The van der Waals surface area contributed by atoms with E-state index in [-0.39, 0.29) is 17.4 Å². The number of carbonyl (C=O) groups excluding carboxylic acids is 1. The number of nitrogens with zero attached hydrogens (tertiary/aromatic N) is 2. The molecule has 19 heavy (non-hydrogen) atoms. The highest BCUT2D eigenvalue weighted by Gasteiger charge is 2.05. The summed E-state index contributed by atoms with van der Waals surface area (Å²) in [5, 5.41) is 7.48. The molecule has 1 heterocycles. The number of aromatic amines is 1. The standard InChI is InChI=1S/C12H13N5O2/c1-2-9-11(19)13-12(16-14-9)17-15-10(18)8-6-4-3-5-7-8/h3-7H,2H2,1H3,(H,15,18)(H2,13,16,17,19). The van der Waals surface area contributed by atoms with Gasteiger partial charge in [-0.2, -0.15) is 0 Å². The summed E-state index contributed by atoms with van der Waals surface area (Å²) in [4.78, 5) is 25.7. The molecule has 0 fully saturated rings. The third-order valence-corrected chi connectivity index (χ3v) is 2.43. The fourth-order valence-electron chi connectivity index (χ4n) is 1.43. The highest BCUT2D eigenvalue weighted by molar-refractivity contribution is 5.94. The molecule has 0 bridgehead atoms. The molecule has 0 spiro atoms. The van der Waals surface area contributed by atoms with Crippen LogP contribution in [0.4, 0.5) is 5.95 Å². The highest BCUT2D eigenvalue weighted by Crippen LogP contribution is 1.98. The van der Waals surface area contributed by atoms with Crippen LogP contribution >= 0.6 is 0 Å². The van der Waals surface area contributed by atoms with Gasteiger partial charge in [-0.3, -0.25) is 25.4 Å². The van der Waals surface area contributed by atoms with Crippen molar-refractivity contribution in [1.29, 1.82) is 0 Å². The van der Waals surface area contributed by atoms with Gasteiger partial charge in [0.2, 0.25) is 5.95 Å². The van der Waals surface area contributed by atoms with Crippen molar-refractivity contribution in [2.24, 2.45) is 0 Å². The van der Waals surface area contributed by atoms with Crippen molar-refractivity contribution < 1.29 is 4.79 Å². The molecular formula is C12H13N5O2. The maximum Gasteiger partial charge on any atom is 0.274 e. The molecule has 1 aromatic carbocycles. The van der Waals surface area contributed by atoms with Crippen LogP contribution in [0.3, 0.4) is 0 Å². The van der Waals surface area contributed by atoms with Gasteiger partial charge >= 0.3 is 0 Å². The molecule has 1 amide bonds. The monoisotopic (exact) mass is 259 g/mol. The van der Waals surface area contributed by atoms with Gasteiger partial charge in [-0.05, 0) is 18.6 Å². The summed E-state index contributed by atoms with van der Waals surface area (Å²) < 4.78 is 0. The number of nitrogens with one attached hydrogen (secondary N) is 3. The van der Waals surface area contributed by atoms with E-state index in [1.165, 1.54) is 0 Å². The molecule has 98 valence electrons. The lowest BCUT2D eigenvalue weighted by molar-refractivity contribution is 0.0962. The predicted molar refractivity (Wildman–Crippen MR) is 69.6 cm³/mol. The molecule has 0 radical (unpaired) electrons. The number of amides is 1. The zero-order valence-electron chi connectivity index (χ0n) is 10.3. The van der Waals surface area contributed by atoms with Gasteiger partial charge in [-0.1, -0.05) is 25.1 Å². The van der Waals surface area contributed by atoms with Crippen LogP contribution in [0.15, 0.2) is 35.1 Å². The largest absolute Gasteiger partial charge is 0.288 e. The predicted octanol–water partition coefficient (Wildman–Crippen LogP) is 0.484. The van der Waals surface area contributed by atoms with E-state index in [9.17, 15) is 9.59 Å². The van der Waals surface area contributed by atoms with Crippen molar-refractivity contribution in [3.05, 3.63) is 51.9 Å². The number of benzene rings is 1. The number of hydrazine groups is 1. The summed E-state index contributed by atoms with van der Waals surface area (Å²) in [6.07, 6.45) is 0.499. The average molecular weight is 259 g/mol. The minimum absolute atomic E-state index is 0.0893. The molecular weight excluding hydrogens is 246 g/mol. The number of aromatic nitrogens is 3. The van der Waals surface area contributed by atoms with Crippen LogP contribution in [0.1, 0.15) is 23.0 Å². The summed E-state index contributed by atoms with van der Waals surface area (Å²) >= 11 is 0. The van der Waals surface area contributed by atoms with Gasteiger partial charge < -0.3 is 0 Å². The van der Waals surface area contributed by atoms with Gasteiger partial charge in [0, 0.05) is 5.56 Å². The second-order valence-corrected chi connectivity index (χ2v) is 3.75. The fourth-order valence-corrected chi connectivity index (χ4v) is 1.43. The molecule has 0 unspecified atom stereocenters. The Hall–Kier alpha value is -2.70. The van der Waals surface area contributed by atoms with Crippen LogP contribution in [0, 0.1) is 0 Å². The molecule has 0 aliphatic carbocycles. The minimum Gasteiger partial charge on any atom is -0.288 e. The van der Waals surface area contributed by atoms with Crippen molar-refractivity contribution in [1.82, 2.24) is 20.6 Å². The van der Waals surface area contributed by atoms with Crippen molar-refractivity contribution in [3.63, 3.8) is 0 Å². The quantitative estimate of drug-likeness (QED) is 0.694. The summed E-state index contributed by atoms with van der Waals surface area (Å²) in [6.45, 7) is 1.81. The van der Waals surface area contributed by atoms with Crippen molar-refractivity contribution >= 4 is 11.9 Å². The van der Waals surface area contributed by atoms with E-state index in [2.05, 4.69) is 26.0 Å². The molecule has 1 aromatic heterocycles. The topological polar surface area (TPSA) is 99.8 Å². The zero-order chi connectivity index (χ0) is 13.7. The average Bonchev–Trinajstić information content (AvgIpc) is 2.46. The molecule has 0 aliphatic rings. The maximum atomic E-state index is 11.7. The van der Waals surface area contributed by atoms with Crippen molar-refractivity contribution in [3.8, 4) is 0 Å². The van der Waals surface area contributed by atoms with Gasteiger partial charge in [0.05, 0.1) is 0 Å². The number of hydrogen-bond donors (Lipinski definition) is 3. The second kappa shape index (κ2) is 5.76. The Bertz CT molecular complexity index is 624. The summed E-state index contributed by atoms with van der Waals surface area (Å²) in [6, 6.07) is 8.67. The molecule has 0 saturated carbocycles. The lowest BCUT2D eigenvalue weighted by Gasteiger charge is -2.06. The van der Waals surface area contributed by atoms with Crippen LogP contribution in [-0.2, 0) is 6.42 Å². The van der Waals surface area contributed by atoms with Crippen LogP contribution in [0.5, 0.6) is 0 Å². The van der Waals surface area contributed by atoms with E-state index in [0.29, 0.717) is 17.7 Å². The third kappa shape index (κ3) is 3.15. The first kappa shape index (κ1) is 12.7. The number of anilines is 1. The Morgan fingerprint density at radius 3 is 2.63 bits per heavy atom. The summed E-state index contributed by atoms with van der Waals surface area (Å²) in [5.41, 5.74) is 5.44. The summed E-state index contributed by atoms with van der Waals surface area (Å²) in [5.74, 6) is -0.241. The molecule has 0 atom stereocenters. The normalized spacial score (nSPS) is 9.95. The molecule has 0 aliphatic heterocycles. The number of carbonyl (C=O) groups is 1. The smallest absolute Gasteiger partial charge is 0.274 e. The van der Waals surface area contributed by atoms with E-state index >= 15 is 0 Å². The molecule has 7 heteroatoms. The maximum absolute atomic E-state index is 11.7. The Morgan fingerprint density at radius 2 is 2.00 bits per heavy atom. The minimum atomic E-state index is -0.331. The Kier molecular flexibility index (Phi) is 3.87. The van der Waals surface area contributed by atoms with E-state index < -0.39 is 0 Å². The van der Waals surface area contributed by atoms with E-state index in [1.807, 2.05) is 13.0 Å². The molecule has 2 rings (SSSR count). The van der Waals surface area contributed by atoms with Crippen LogP contribution in [0.25, 0.3) is 0 Å². The molecule has 3 N–H and O–H groups in total. The highest BCUT2D eigenvalue weighted by atomic mass is 16.2. The summed E-state index contributed by atoms with van der Waals surface area (Å²) in [7, 11) is 0. The molecule has 7 nitrogen and oxygen atoms in total. The van der Waals surface area contributed by atoms with E-state index in [1.54, 1.807) is 24.3 Å². The van der Waals surface area contributed by atoms with Crippen molar-refractivity contribution in [2.75, 3.05) is 5.43 Å². The Morgan fingerprint density at radius 1 is 1.26 bits per heavy atom. The first-order chi connectivity index (χ1) is 9.20. The SMILES string of the molecule is CCc1nnc(NNC(=O)c2ccccc2)[nH]c1=O. The first-order valence-corrected chi connectivity index (χ1v) is 5.78. The van der Waals surface area contributed by atoms with Crippen LogP contribution in [-0.4, -0.2) is 21.1 Å². The second-order valence-electron chi connectivity index (χ2n) is 3.75. The van der Waals surface area contributed by atoms with Crippen LogP contribution < -0.4 is 16.4 Å². The zero-order valence-corrected chi connectivity index (χ0v) is 10.3. The number of H-pyrrole nitrogens is 1. The van der Waals surface area contributed by atoms with Gasteiger partial charge in [0.25, 0.3) is 11.5 Å². The number of rotatable bonds is 4. The van der Waals surface area contributed by atoms with Crippen molar-refractivity contribution in [2.45, 2.75) is 13.3 Å². The number of aryl methyl sites for hydroxylation is 1. The van der Waals surface area contributed by atoms with Gasteiger partial charge in [0.15, 0.2) is 0 Å². The fraction of sp³-hybridized carbons (Fsp3) is 0.167. The number of hydrogen-bond acceptors (Lipinski definition) is 5. The van der Waals surface area contributed by atoms with Gasteiger partial charge in [-0.15, -0.1) is 10.2 Å². The van der Waals surface area contributed by atoms with E-state index in [4.69, 9.17) is 0 Å². The lowest BCUT2D eigenvalue weighted by atomic mass is 10.2. The third-order valence-electron chi connectivity index (χ3n) is 2.43. The lowest BCUT2D eigenvalue weighted by Crippen LogP contribution is -2.32. The van der Waals surface area contributed by atoms with Crippen LogP contribution in [0.2, 0.25) is 0 Å². The Balaban J connectivity index is 2.01. The molecule has 2 aromatic rings. The Labute approximate surface area is 109 Å². The molecule has 0 saturated heterocycles. The van der Waals surface area contributed by atoms with Gasteiger partial charge in [0.1, 0.15) is 5.69 Å². The first-order valence-electron chi connectivity index (χ1n) is 5.78. The van der Waals surface area contributed by atoms with Gasteiger partial charge in [-0.25, -0.2) is 0 Å². The van der Waals surface area contributed by atoms with E-state index in [0.717, 1.165) is 0 Å².